The molecule has 0 saturated carbocycles. The fraction of sp³-hybridized carbons (Fsp3) is 0.482. The molecular weight excluding hydrogens is 1390 g/mol. The summed E-state index contributed by atoms with van der Waals surface area (Å²) < 4.78 is 118. The third-order valence-corrected chi connectivity index (χ3v) is 20.2. The van der Waals surface area contributed by atoms with E-state index in [1.807, 2.05) is 233 Å². The van der Waals surface area contributed by atoms with Gasteiger partial charge in [-0.3, -0.25) is 9.59 Å². The fourth-order valence-corrected chi connectivity index (χ4v) is 14.7. The lowest BCUT2D eigenvalue weighted by Crippen LogP contribution is -2.69. The molecule has 23 heteroatoms. The van der Waals surface area contributed by atoms with Crippen LogP contribution in [0.5, 0.6) is 0 Å². The summed E-state index contributed by atoms with van der Waals surface area (Å²) in [5, 5.41) is 39.0. The Hall–Kier alpha value is -7.28. The van der Waals surface area contributed by atoms with Gasteiger partial charge in [-0.1, -0.05) is 219 Å². The van der Waals surface area contributed by atoms with Gasteiger partial charge >= 0.3 is 5.97 Å². The second kappa shape index (κ2) is 39.6. The molecule has 108 heavy (non-hydrogen) atoms. The number of benzene rings is 7. The molecule has 12 rings (SSSR count). The molecule has 0 spiro atoms. The zero-order valence-corrected chi connectivity index (χ0v) is 62.1. The van der Waals surface area contributed by atoms with Gasteiger partial charge in [0.2, 0.25) is 5.91 Å². The van der Waals surface area contributed by atoms with Crippen LogP contribution in [0.25, 0.3) is 0 Å². The maximum Gasteiger partial charge on any atom is 0.303 e. The number of ether oxygens (including phenoxy) is 17. The number of carbonyl (C=O) groups is 2. The lowest BCUT2D eigenvalue weighted by atomic mass is 9.91. The highest BCUT2D eigenvalue weighted by atomic mass is 16.8. The van der Waals surface area contributed by atoms with Gasteiger partial charge in [0, 0.05) is 19.8 Å². The van der Waals surface area contributed by atoms with Gasteiger partial charge in [0.15, 0.2) is 31.3 Å². The molecule has 580 valence electrons. The minimum atomic E-state index is -1.70. The summed E-state index contributed by atoms with van der Waals surface area (Å²) in [4.78, 5) is 26.7. The van der Waals surface area contributed by atoms with E-state index in [-0.39, 0.29) is 52.9 Å². The molecule has 10 unspecified atom stereocenters. The number of rotatable bonds is 33. The molecule has 5 saturated heterocycles. The Kier molecular flexibility index (Phi) is 29.4. The predicted molar refractivity (Wildman–Crippen MR) is 393 cm³/mol. The summed E-state index contributed by atoms with van der Waals surface area (Å²) >= 11 is 0. The molecule has 0 bridgehead atoms. The minimum Gasteiger partial charge on any atom is -0.454 e. The number of aliphatic hydroxyl groups excluding tert-OH is 3. The van der Waals surface area contributed by atoms with E-state index in [9.17, 15) is 24.9 Å². The third kappa shape index (κ3) is 21.2. The Bertz CT molecular complexity index is 3770. The summed E-state index contributed by atoms with van der Waals surface area (Å²) in [5.74, 6) is -1.82. The first-order valence-electron chi connectivity index (χ1n) is 37.4. The number of amides is 1. The van der Waals surface area contributed by atoms with Crippen molar-refractivity contribution in [3.8, 4) is 0 Å². The first-order valence-corrected chi connectivity index (χ1v) is 37.4. The van der Waals surface area contributed by atoms with E-state index in [1.165, 1.54) is 13.8 Å². The Morgan fingerprint density at radius 3 is 1.12 bits per heavy atom. The van der Waals surface area contributed by atoms with Crippen LogP contribution < -0.4 is 5.32 Å². The van der Waals surface area contributed by atoms with Crippen LogP contribution in [0.4, 0.5) is 0 Å². The zero-order valence-electron chi connectivity index (χ0n) is 62.1. The van der Waals surface area contributed by atoms with E-state index < -0.39 is 172 Å². The van der Waals surface area contributed by atoms with Crippen molar-refractivity contribution in [1.82, 2.24) is 5.32 Å². The van der Waals surface area contributed by atoms with Gasteiger partial charge in [-0.15, -0.1) is 0 Å². The van der Waals surface area contributed by atoms with Crippen LogP contribution in [0, 0.1) is 5.92 Å². The van der Waals surface area contributed by atoms with Gasteiger partial charge in [0.25, 0.3) is 0 Å². The van der Waals surface area contributed by atoms with Gasteiger partial charge in [-0.05, 0) is 66.6 Å². The Morgan fingerprint density at radius 2 is 0.694 bits per heavy atom. The Balaban J connectivity index is 0.935. The number of carbonyl (C=O) groups excluding carboxylic acids is 2. The highest BCUT2D eigenvalue weighted by Gasteiger charge is 2.59. The Morgan fingerprint density at radius 1 is 0.343 bits per heavy atom. The molecule has 7 aromatic rings. The molecular formula is C85H103NO22. The lowest BCUT2D eigenvalue weighted by Gasteiger charge is -2.52. The van der Waals surface area contributed by atoms with E-state index in [0.29, 0.717) is 0 Å². The molecule has 5 aliphatic heterocycles. The number of hydrogen-bond donors (Lipinski definition) is 4. The normalized spacial score (nSPS) is 32.9. The van der Waals surface area contributed by atoms with Crippen molar-refractivity contribution >= 4 is 11.9 Å². The third-order valence-electron chi connectivity index (χ3n) is 20.2. The molecule has 7 aromatic carbocycles. The van der Waals surface area contributed by atoms with Gasteiger partial charge in [0.1, 0.15) is 79.4 Å². The lowest BCUT2D eigenvalue weighted by molar-refractivity contribution is -0.402. The summed E-state index contributed by atoms with van der Waals surface area (Å²) in [5.41, 5.74) is 6.15. The van der Waals surface area contributed by atoms with Crippen LogP contribution >= 0.6 is 0 Å². The number of aliphatic hydroxyl groups is 3. The standard InChI is InChI=1S/C85H103NO22/c1-52-71(93-45-60-31-17-9-18-32-60)75(97-49-64-39-25-13-26-40-64)67(51-92-44-59-29-15-8-16-30-59)104-82(52)106-77-70(91)83(100-54(3)72(77)94-46-61-33-19-10-20-34-61)108-80-78(98-50-65-41-27-14-28-42-65)73(95-47-62-35-21-11-22-36-62)55(4)101-84(80)107-79-74(96-48-63-37-23-12-24-38-63)56(5)102-85(81(79)103-58(7)89)105-76-68(86-57(6)88)53(2)99-66(43-87)69(76)90/h8-42,52-56,66-85,87,90-91H,43-51H2,1-7H3,(H,86,88)/t52?,53-,54?,55?,56?,66?,67-,68?,69+,70?,71?,72-,73-,74-,75+,76+,77+,78-,79-,80?,81?,82+,83-,84-,85-/m0/s1. The second-order valence-electron chi connectivity index (χ2n) is 28.3. The number of hydrogen-bond acceptors (Lipinski definition) is 22. The van der Waals surface area contributed by atoms with Gasteiger partial charge < -0.3 is 101 Å². The summed E-state index contributed by atoms with van der Waals surface area (Å²) in [6, 6.07) is 66.9. The van der Waals surface area contributed by atoms with Crippen LogP contribution in [0.15, 0.2) is 212 Å². The average molecular weight is 1490 g/mol. The topological polar surface area (TPSA) is 264 Å². The molecule has 4 N–H and O–H groups in total. The molecule has 5 aliphatic rings. The molecule has 1 amide bonds. The fourth-order valence-electron chi connectivity index (χ4n) is 14.7. The molecule has 5 heterocycles. The summed E-state index contributed by atoms with van der Waals surface area (Å²) in [6.07, 6.45) is -27.1. The zero-order chi connectivity index (χ0) is 75.5. The first-order chi connectivity index (χ1) is 52.5. The first kappa shape index (κ1) is 80.2. The average Bonchev–Trinajstić information content (AvgIpc) is 0.764. The molecule has 23 nitrogen and oxygen atoms in total. The second-order valence-corrected chi connectivity index (χ2v) is 28.3. The van der Waals surface area contributed by atoms with Crippen molar-refractivity contribution in [1.29, 1.82) is 0 Å². The Labute approximate surface area is 632 Å². The van der Waals surface area contributed by atoms with Crippen molar-refractivity contribution in [3.63, 3.8) is 0 Å². The highest BCUT2D eigenvalue weighted by molar-refractivity contribution is 5.73. The van der Waals surface area contributed by atoms with E-state index in [1.54, 1.807) is 13.8 Å². The molecule has 0 aliphatic carbocycles. The number of esters is 1. The molecule has 25 atom stereocenters. The monoisotopic (exact) mass is 1490 g/mol. The van der Waals surface area contributed by atoms with Crippen LogP contribution in [0.3, 0.4) is 0 Å². The van der Waals surface area contributed by atoms with Crippen LogP contribution in [0.1, 0.15) is 87.4 Å². The van der Waals surface area contributed by atoms with Crippen molar-refractivity contribution in [2.24, 2.45) is 5.92 Å². The molecule has 0 radical (unpaired) electrons. The number of nitrogens with one attached hydrogen (secondary N) is 1. The smallest absolute Gasteiger partial charge is 0.303 e. The maximum atomic E-state index is 13.8. The van der Waals surface area contributed by atoms with Crippen molar-refractivity contribution in [2.75, 3.05) is 13.2 Å². The maximum absolute atomic E-state index is 13.8. The minimum absolute atomic E-state index is 0.0252. The largest absolute Gasteiger partial charge is 0.454 e. The quantitative estimate of drug-likeness (QED) is 0.0279. The van der Waals surface area contributed by atoms with E-state index >= 15 is 0 Å². The van der Waals surface area contributed by atoms with Crippen molar-refractivity contribution in [3.05, 3.63) is 251 Å². The van der Waals surface area contributed by atoms with Gasteiger partial charge in [0.05, 0.1) is 96.0 Å². The summed E-state index contributed by atoms with van der Waals surface area (Å²) in [7, 11) is 0. The van der Waals surface area contributed by atoms with E-state index in [0.717, 1.165) is 38.9 Å². The van der Waals surface area contributed by atoms with E-state index in [2.05, 4.69) is 5.32 Å². The predicted octanol–water partition coefficient (Wildman–Crippen LogP) is 9.79. The van der Waals surface area contributed by atoms with Crippen LogP contribution in [0.2, 0.25) is 0 Å². The summed E-state index contributed by atoms with van der Waals surface area (Å²) in [6.45, 7) is 12.0. The molecule has 0 aromatic heterocycles. The van der Waals surface area contributed by atoms with Crippen LogP contribution in [-0.2, 0) is 136 Å². The SMILES string of the molecule is CC(=O)NC1[C@H](C)OC(CO)[C@@H](O)[C@@H]1O[C@@H]1OC(C)[C@H](OCc2ccccc2)[C@H](O[C@@H]2OC(C)[C@H](OCc3ccccc3)[C@H](OCc3ccccc3)C2O[C@@H]2OC(C)[C@H](OCc3ccccc3)[C@H](O[C@H]3O[C@@H](COCc4ccccc4)[C@@H](OCc4ccccc4)C(OCc4ccccc4)C3C)C2O)C1OC(C)=O. The van der Waals surface area contributed by atoms with Crippen LogP contribution in [-0.4, -0.2) is 188 Å². The van der Waals surface area contributed by atoms with Gasteiger partial charge in [-0.2, -0.15) is 0 Å². The van der Waals surface area contributed by atoms with Gasteiger partial charge in [-0.25, -0.2) is 0 Å². The van der Waals surface area contributed by atoms with E-state index in [4.69, 9.17) is 80.5 Å². The van der Waals surface area contributed by atoms with Crippen molar-refractivity contribution in [2.45, 2.75) is 242 Å². The highest BCUT2D eigenvalue weighted by Crippen LogP contribution is 2.42. The molecule has 5 fully saturated rings. The van der Waals surface area contributed by atoms with Crippen molar-refractivity contribution < 1.29 is 105 Å².